The molecule has 2 heterocycles. The van der Waals surface area contributed by atoms with Crippen molar-refractivity contribution in [1.29, 1.82) is 5.41 Å². The Morgan fingerprint density at radius 2 is 1.84 bits per heavy atom. The molecule has 0 radical (unpaired) electrons. The van der Waals surface area contributed by atoms with Gasteiger partial charge in [-0.1, -0.05) is 30.3 Å². The SMILES string of the molecule is N=C(NCc1ccc(F)cc1)c1nc(C2CCCN2C(=O)c2ccccc2)nc(O)c1O. The van der Waals surface area contributed by atoms with Crippen LogP contribution in [0.1, 0.15) is 46.3 Å². The van der Waals surface area contributed by atoms with E-state index in [0.717, 1.165) is 12.0 Å². The molecule has 0 aliphatic carbocycles. The monoisotopic (exact) mass is 435 g/mol. The lowest BCUT2D eigenvalue weighted by molar-refractivity contribution is 0.0729. The molecular formula is C23H22FN5O3. The van der Waals surface area contributed by atoms with Crippen LogP contribution in [-0.2, 0) is 6.54 Å². The van der Waals surface area contributed by atoms with Gasteiger partial charge in [-0.2, -0.15) is 4.98 Å². The molecule has 1 amide bonds. The molecule has 1 aromatic heterocycles. The van der Waals surface area contributed by atoms with Crippen LogP contribution >= 0.6 is 0 Å². The first-order valence-corrected chi connectivity index (χ1v) is 10.2. The molecule has 1 saturated heterocycles. The van der Waals surface area contributed by atoms with Crippen molar-refractivity contribution in [2.45, 2.75) is 25.4 Å². The van der Waals surface area contributed by atoms with E-state index in [9.17, 15) is 19.4 Å². The van der Waals surface area contributed by atoms with Gasteiger partial charge in [0.05, 0.1) is 6.04 Å². The minimum atomic E-state index is -0.655. The van der Waals surface area contributed by atoms with Crippen LogP contribution in [0.4, 0.5) is 4.39 Å². The third-order valence-electron chi connectivity index (χ3n) is 5.33. The van der Waals surface area contributed by atoms with Crippen LogP contribution in [0.25, 0.3) is 0 Å². The molecule has 1 aliphatic rings. The Bertz CT molecular complexity index is 1140. The first-order chi connectivity index (χ1) is 15.4. The molecule has 1 fully saturated rings. The Hall–Kier alpha value is -4.01. The Morgan fingerprint density at radius 1 is 1.12 bits per heavy atom. The molecule has 9 heteroatoms. The molecule has 3 aromatic rings. The molecule has 1 unspecified atom stereocenters. The molecule has 0 saturated carbocycles. The highest BCUT2D eigenvalue weighted by atomic mass is 19.1. The van der Waals surface area contributed by atoms with Gasteiger partial charge in [-0.3, -0.25) is 10.2 Å². The zero-order valence-electron chi connectivity index (χ0n) is 17.1. The topological polar surface area (TPSA) is 122 Å². The third-order valence-corrected chi connectivity index (χ3v) is 5.33. The molecule has 32 heavy (non-hydrogen) atoms. The Morgan fingerprint density at radius 3 is 2.56 bits per heavy atom. The first-order valence-electron chi connectivity index (χ1n) is 10.2. The average molecular weight is 435 g/mol. The van der Waals surface area contributed by atoms with Gasteiger partial charge in [0, 0.05) is 18.7 Å². The second kappa shape index (κ2) is 9.01. The van der Waals surface area contributed by atoms with E-state index in [4.69, 9.17) is 5.41 Å². The number of carbonyl (C=O) groups is 1. The van der Waals surface area contributed by atoms with Crippen molar-refractivity contribution in [2.24, 2.45) is 0 Å². The standard InChI is InChI=1S/C23H22FN5O3/c24-16-10-8-14(9-11-16)13-26-20(25)18-19(30)22(31)28-21(27-18)17-7-4-12-29(17)23(32)15-5-2-1-3-6-15/h1-3,5-6,8-11,17,30H,4,7,12-13H2,(H2,25,26)(H,27,28,31). The molecule has 4 rings (SSSR count). The first kappa shape index (κ1) is 21.2. The van der Waals surface area contributed by atoms with Crippen LogP contribution in [-0.4, -0.2) is 43.4 Å². The number of nitrogens with one attached hydrogen (secondary N) is 2. The lowest BCUT2D eigenvalue weighted by Gasteiger charge is -2.24. The van der Waals surface area contributed by atoms with E-state index in [-0.39, 0.29) is 35.6 Å². The highest BCUT2D eigenvalue weighted by Gasteiger charge is 2.34. The molecule has 4 N–H and O–H groups in total. The second-order valence-electron chi connectivity index (χ2n) is 7.48. The summed E-state index contributed by atoms with van der Waals surface area (Å²) in [6, 6.07) is 14.1. The van der Waals surface area contributed by atoms with Gasteiger partial charge in [0.1, 0.15) is 11.7 Å². The van der Waals surface area contributed by atoms with Crippen LogP contribution < -0.4 is 5.32 Å². The number of aromatic hydroxyl groups is 2. The molecule has 2 aromatic carbocycles. The number of hydrogen-bond donors (Lipinski definition) is 4. The number of amidine groups is 1. The normalized spacial score (nSPS) is 15.5. The Balaban J connectivity index is 1.56. The molecule has 1 aliphatic heterocycles. The molecule has 0 spiro atoms. The van der Waals surface area contributed by atoms with Crippen molar-refractivity contribution >= 4 is 11.7 Å². The summed E-state index contributed by atoms with van der Waals surface area (Å²) >= 11 is 0. The number of rotatable bonds is 5. The number of aromatic nitrogens is 2. The predicted molar refractivity (Wildman–Crippen MR) is 115 cm³/mol. The van der Waals surface area contributed by atoms with Crippen molar-refractivity contribution in [3.8, 4) is 11.6 Å². The number of benzene rings is 2. The van der Waals surface area contributed by atoms with E-state index in [1.165, 1.54) is 12.1 Å². The number of nitrogens with zero attached hydrogens (tertiary/aromatic N) is 3. The van der Waals surface area contributed by atoms with Gasteiger partial charge in [0.2, 0.25) is 5.75 Å². The third kappa shape index (κ3) is 4.36. The number of carbonyl (C=O) groups excluding carboxylic acids is 1. The van der Waals surface area contributed by atoms with Crippen molar-refractivity contribution in [2.75, 3.05) is 6.54 Å². The number of halogens is 1. The molecular weight excluding hydrogens is 413 g/mol. The maximum atomic E-state index is 13.1. The van der Waals surface area contributed by atoms with Crippen molar-refractivity contribution in [3.63, 3.8) is 0 Å². The number of amides is 1. The largest absolute Gasteiger partial charge is 0.502 e. The van der Waals surface area contributed by atoms with Gasteiger partial charge < -0.3 is 20.4 Å². The van der Waals surface area contributed by atoms with E-state index >= 15 is 0 Å². The summed E-state index contributed by atoms with van der Waals surface area (Å²) in [5.74, 6) is -1.88. The Labute approximate surface area is 183 Å². The predicted octanol–water partition coefficient (Wildman–Crippen LogP) is 3.12. The highest BCUT2D eigenvalue weighted by molar-refractivity contribution is 5.97. The number of likely N-dealkylation sites (tertiary alicyclic amines) is 1. The lowest BCUT2D eigenvalue weighted by Crippen LogP contribution is -2.32. The van der Waals surface area contributed by atoms with E-state index in [1.807, 2.05) is 6.07 Å². The van der Waals surface area contributed by atoms with Crippen LogP contribution in [0.3, 0.4) is 0 Å². The van der Waals surface area contributed by atoms with E-state index in [0.29, 0.717) is 18.5 Å². The zero-order valence-corrected chi connectivity index (χ0v) is 17.1. The molecule has 0 bridgehead atoms. The summed E-state index contributed by atoms with van der Waals surface area (Å²) in [5, 5.41) is 31.5. The fraction of sp³-hybridized carbons (Fsp3) is 0.217. The van der Waals surface area contributed by atoms with Gasteiger partial charge in [0.15, 0.2) is 11.5 Å². The van der Waals surface area contributed by atoms with Gasteiger partial charge in [-0.25, -0.2) is 9.37 Å². The van der Waals surface area contributed by atoms with Gasteiger partial charge >= 0.3 is 0 Å². The van der Waals surface area contributed by atoms with E-state index < -0.39 is 17.7 Å². The minimum absolute atomic E-state index is 0.158. The quantitative estimate of drug-likeness (QED) is 0.361. The summed E-state index contributed by atoms with van der Waals surface area (Å²) in [6.45, 7) is 0.708. The zero-order chi connectivity index (χ0) is 22.7. The van der Waals surface area contributed by atoms with Gasteiger partial charge in [-0.15, -0.1) is 0 Å². The average Bonchev–Trinajstić information content (AvgIpc) is 3.30. The van der Waals surface area contributed by atoms with Gasteiger partial charge in [0.25, 0.3) is 11.8 Å². The van der Waals surface area contributed by atoms with E-state index in [1.54, 1.807) is 41.3 Å². The van der Waals surface area contributed by atoms with Crippen molar-refractivity contribution in [1.82, 2.24) is 20.2 Å². The fourth-order valence-corrected chi connectivity index (χ4v) is 3.68. The van der Waals surface area contributed by atoms with Gasteiger partial charge in [-0.05, 0) is 42.7 Å². The maximum absolute atomic E-state index is 13.1. The molecule has 8 nitrogen and oxygen atoms in total. The summed E-state index contributed by atoms with van der Waals surface area (Å²) < 4.78 is 13.1. The fourth-order valence-electron chi connectivity index (χ4n) is 3.68. The van der Waals surface area contributed by atoms with Crippen molar-refractivity contribution in [3.05, 3.63) is 83.1 Å². The van der Waals surface area contributed by atoms with Crippen molar-refractivity contribution < 1.29 is 19.4 Å². The summed E-state index contributed by atoms with van der Waals surface area (Å²) in [4.78, 5) is 22.9. The highest BCUT2D eigenvalue weighted by Crippen LogP contribution is 2.34. The summed E-state index contributed by atoms with van der Waals surface area (Å²) in [6.07, 6.45) is 1.34. The number of hydrogen-bond acceptors (Lipinski definition) is 6. The summed E-state index contributed by atoms with van der Waals surface area (Å²) in [5.41, 5.74) is 1.09. The second-order valence-corrected chi connectivity index (χ2v) is 7.48. The van der Waals surface area contributed by atoms with E-state index in [2.05, 4.69) is 15.3 Å². The Kier molecular flexibility index (Phi) is 5.98. The van der Waals surface area contributed by atoms with Crippen LogP contribution in [0.5, 0.6) is 11.6 Å². The van der Waals surface area contributed by atoms with Crippen LogP contribution in [0, 0.1) is 11.2 Å². The smallest absolute Gasteiger partial charge is 0.258 e. The minimum Gasteiger partial charge on any atom is -0.502 e. The molecule has 164 valence electrons. The summed E-state index contributed by atoms with van der Waals surface area (Å²) in [7, 11) is 0. The van der Waals surface area contributed by atoms with Crippen LogP contribution in [0.15, 0.2) is 54.6 Å². The maximum Gasteiger partial charge on any atom is 0.258 e. The lowest BCUT2D eigenvalue weighted by atomic mass is 10.1. The van der Waals surface area contributed by atoms with Crippen LogP contribution in [0.2, 0.25) is 0 Å². The molecule has 1 atom stereocenters.